The second kappa shape index (κ2) is 5.75. The molecule has 2 heterocycles. The van der Waals surface area contributed by atoms with Crippen molar-refractivity contribution < 1.29 is 31.1 Å². The number of rotatable bonds is 2. The number of hydrazine groups is 1. The summed E-state index contributed by atoms with van der Waals surface area (Å²) in [6.45, 7) is 0. The Bertz CT molecular complexity index is 657. The molecule has 2 aliphatic rings. The highest BCUT2D eigenvalue weighted by Crippen LogP contribution is 2.46. The zero-order valence-electron chi connectivity index (χ0n) is 12.7. The molecule has 1 aliphatic carbocycles. The van der Waals surface area contributed by atoms with Crippen molar-refractivity contribution in [2.45, 2.75) is 43.7 Å². The number of aromatic nitrogens is 1. The molecule has 11 heteroatoms. The van der Waals surface area contributed by atoms with Gasteiger partial charge < -0.3 is 4.90 Å². The fourth-order valence-electron chi connectivity index (χ4n) is 3.70. The van der Waals surface area contributed by atoms with Crippen molar-refractivity contribution in [3.8, 4) is 0 Å². The molecular weight excluding hydrogens is 354 g/mol. The molecule has 1 aromatic heterocycles. The molecule has 1 aliphatic heterocycles. The van der Waals surface area contributed by atoms with E-state index in [2.05, 4.69) is 4.98 Å². The highest BCUT2D eigenvalue weighted by Gasteiger charge is 2.50. The van der Waals surface area contributed by atoms with Gasteiger partial charge in [-0.3, -0.25) is 10.2 Å². The Morgan fingerprint density at radius 3 is 2.40 bits per heavy atom. The lowest BCUT2D eigenvalue weighted by Crippen LogP contribution is -2.52. The highest BCUT2D eigenvalue weighted by molar-refractivity contribution is 5.86. The summed E-state index contributed by atoms with van der Waals surface area (Å²) in [5.74, 6) is 3.77. The van der Waals surface area contributed by atoms with Crippen LogP contribution in [0.4, 0.5) is 32.2 Å². The van der Waals surface area contributed by atoms with E-state index < -0.39 is 41.4 Å². The number of hydrogen-bond acceptors (Lipinski definition) is 4. The number of nitrogens with two attached hydrogens (primary N) is 1. The van der Waals surface area contributed by atoms with E-state index in [0.29, 0.717) is 25.3 Å². The lowest BCUT2D eigenvalue weighted by molar-refractivity contribution is -0.145. The van der Waals surface area contributed by atoms with Crippen LogP contribution < -0.4 is 16.2 Å². The number of carbonyl (C=O) groups excluding carboxylic acids is 1. The van der Waals surface area contributed by atoms with Gasteiger partial charge in [-0.05, 0) is 37.3 Å². The molecule has 2 fully saturated rings. The predicted octanol–water partition coefficient (Wildman–Crippen LogP) is 2.47. The standard InChI is InChI=1S/C14H14F6N4O/c15-13(16,17)7-4-9(14(18,19)20)22-10(5-7)24-8-2-1-6(3-8)11(24)12(25)23-21/h4-6,8,11H,1-3,21H2,(H,23,25)/t6-,8+,11-/m0/s1. The Hall–Kier alpha value is -2.04. The zero-order chi connectivity index (χ0) is 18.6. The van der Waals surface area contributed by atoms with E-state index in [0.717, 1.165) is 0 Å². The summed E-state index contributed by atoms with van der Waals surface area (Å²) in [4.78, 5) is 16.6. The number of halogens is 6. The van der Waals surface area contributed by atoms with Gasteiger partial charge in [-0.2, -0.15) is 26.3 Å². The fourth-order valence-corrected chi connectivity index (χ4v) is 3.70. The van der Waals surface area contributed by atoms with Crippen molar-refractivity contribution in [2.75, 3.05) is 4.90 Å². The quantitative estimate of drug-likeness (QED) is 0.364. The van der Waals surface area contributed by atoms with Gasteiger partial charge in [0.05, 0.1) is 5.56 Å². The Labute approximate surface area is 138 Å². The van der Waals surface area contributed by atoms with Crippen LogP contribution >= 0.6 is 0 Å². The van der Waals surface area contributed by atoms with Crippen molar-refractivity contribution in [2.24, 2.45) is 11.8 Å². The number of nitrogens with zero attached hydrogens (tertiary/aromatic N) is 2. The molecule has 1 saturated heterocycles. The summed E-state index contributed by atoms with van der Waals surface area (Å²) in [5.41, 5.74) is -1.18. The molecule has 1 aromatic rings. The lowest BCUT2D eigenvalue weighted by Gasteiger charge is -2.35. The van der Waals surface area contributed by atoms with Crippen molar-refractivity contribution >= 4 is 11.7 Å². The second-order valence-corrected chi connectivity index (χ2v) is 6.18. The highest BCUT2D eigenvalue weighted by atomic mass is 19.4. The third kappa shape index (κ3) is 3.12. The average Bonchev–Trinajstić information content (AvgIpc) is 3.12. The summed E-state index contributed by atoms with van der Waals surface area (Å²) < 4.78 is 78.0. The van der Waals surface area contributed by atoms with Crippen LogP contribution in [-0.2, 0) is 17.1 Å². The Morgan fingerprint density at radius 1 is 1.16 bits per heavy atom. The molecule has 1 amide bonds. The number of pyridine rings is 1. The van der Waals surface area contributed by atoms with Crippen LogP contribution in [-0.4, -0.2) is 23.0 Å². The minimum Gasteiger partial charge on any atom is -0.341 e. The Morgan fingerprint density at radius 2 is 1.84 bits per heavy atom. The number of fused-ring (bicyclic) bond motifs is 2. The smallest absolute Gasteiger partial charge is 0.341 e. The normalized spacial score (nSPS) is 26.2. The van der Waals surface area contributed by atoms with Gasteiger partial charge in [0.1, 0.15) is 17.6 Å². The number of nitrogens with one attached hydrogen (secondary N) is 1. The van der Waals surface area contributed by atoms with Crippen LogP contribution in [0.15, 0.2) is 12.1 Å². The van der Waals surface area contributed by atoms with Gasteiger partial charge >= 0.3 is 12.4 Å². The number of carbonyl (C=O) groups is 1. The molecule has 0 radical (unpaired) electrons. The molecule has 5 nitrogen and oxygen atoms in total. The van der Waals surface area contributed by atoms with Crippen LogP contribution in [0.3, 0.4) is 0 Å². The summed E-state index contributed by atoms with van der Waals surface area (Å²) >= 11 is 0. The molecule has 3 atom stereocenters. The van der Waals surface area contributed by atoms with Gasteiger partial charge in [-0.25, -0.2) is 10.8 Å². The average molecular weight is 368 g/mol. The van der Waals surface area contributed by atoms with Crippen LogP contribution in [0.1, 0.15) is 30.5 Å². The Kier molecular flexibility index (Phi) is 4.09. The van der Waals surface area contributed by atoms with E-state index in [4.69, 9.17) is 5.84 Å². The van der Waals surface area contributed by atoms with Gasteiger partial charge in [0.15, 0.2) is 0 Å². The third-order valence-corrected chi connectivity index (χ3v) is 4.69. The van der Waals surface area contributed by atoms with Crippen molar-refractivity contribution in [3.63, 3.8) is 0 Å². The minimum atomic E-state index is -5.04. The van der Waals surface area contributed by atoms with Gasteiger partial charge in [-0.15, -0.1) is 0 Å². The van der Waals surface area contributed by atoms with Crippen LogP contribution in [0.5, 0.6) is 0 Å². The van der Waals surface area contributed by atoms with Gasteiger partial charge in [-0.1, -0.05) is 0 Å². The largest absolute Gasteiger partial charge is 0.433 e. The van der Waals surface area contributed by atoms with Gasteiger partial charge in [0.25, 0.3) is 5.91 Å². The van der Waals surface area contributed by atoms with E-state index in [1.54, 1.807) is 0 Å². The van der Waals surface area contributed by atoms with E-state index in [1.165, 1.54) is 4.90 Å². The molecule has 138 valence electrons. The molecular formula is C14H14F6N4O. The van der Waals surface area contributed by atoms with E-state index in [1.807, 2.05) is 5.43 Å². The molecule has 25 heavy (non-hydrogen) atoms. The molecule has 3 N–H and O–H groups in total. The molecule has 3 rings (SSSR count). The van der Waals surface area contributed by atoms with Crippen LogP contribution in [0.2, 0.25) is 0 Å². The monoisotopic (exact) mass is 368 g/mol. The van der Waals surface area contributed by atoms with Crippen molar-refractivity contribution in [1.29, 1.82) is 0 Å². The second-order valence-electron chi connectivity index (χ2n) is 6.18. The predicted molar refractivity (Wildman–Crippen MR) is 74.0 cm³/mol. The van der Waals surface area contributed by atoms with Crippen LogP contribution in [0.25, 0.3) is 0 Å². The third-order valence-electron chi connectivity index (χ3n) is 4.69. The maximum absolute atomic E-state index is 13.0. The lowest BCUT2D eigenvalue weighted by atomic mass is 9.98. The summed E-state index contributed by atoms with van der Waals surface area (Å²) in [7, 11) is 0. The van der Waals surface area contributed by atoms with Crippen LogP contribution in [0, 0.1) is 5.92 Å². The van der Waals surface area contributed by atoms with Gasteiger partial charge in [0.2, 0.25) is 0 Å². The number of piperidine rings is 1. The SMILES string of the molecule is NNC(=O)[C@@H]1[C@H]2CC[C@H](C2)N1c1cc(C(F)(F)F)cc(C(F)(F)F)n1. The van der Waals surface area contributed by atoms with E-state index >= 15 is 0 Å². The zero-order valence-corrected chi connectivity index (χ0v) is 12.7. The molecule has 2 bridgehead atoms. The first kappa shape index (κ1) is 17.8. The number of amides is 1. The maximum Gasteiger partial charge on any atom is 0.433 e. The number of hydrogen-bond donors (Lipinski definition) is 2. The van der Waals surface area contributed by atoms with Crippen molar-refractivity contribution in [3.05, 3.63) is 23.4 Å². The maximum atomic E-state index is 13.0. The summed E-state index contributed by atoms with van der Waals surface area (Å²) in [5, 5.41) is 0. The minimum absolute atomic E-state index is 0.0319. The fraction of sp³-hybridized carbons (Fsp3) is 0.571. The molecule has 0 aromatic carbocycles. The Balaban J connectivity index is 2.10. The van der Waals surface area contributed by atoms with Gasteiger partial charge in [0, 0.05) is 6.04 Å². The first-order valence-electron chi connectivity index (χ1n) is 7.47. The molecule has 0 unspecified atom stereocenters. The molecule has 0 spiro atoms. The van der Waals surface area contributed by atoms with E-state index in [-0.39, 0.29) is 18.0 Å². The summed E-state index contributed by atoms with van der Waals surface area (Å²) in [6, 6.07) is -0.757. The number of anilines is 1. The first-order chi connectivity index (χ1) is 11.5. The first-order valence-corrected chi connectivity index (χ1v) is 7.47. The van der Waals surface area contributed by atoms with Crippen molar-refractivity contribution in [1.82, 2.24) is 10.4 Å². The molecule has 1 saturated carbocycles. The summed E-state index contributed by atoms with van der Waals surface area (Å²) in [6.07, 6.45) is -8.29. The van der Waals surface area contributed by atoms with E-state index in [9.17, 15) is 31.1 Å². The number of alkyl halides is 6. The topological polar surface area (TPSA) is 71.2 Å².